The molecule has 158 valence electrons. The molecule has 0 bridgehead atoms. The summed E-state index contributed by atoms with van der Waals surface area (Å²) >= 11 is 3.34. The number of amides is 1. The van der Waals surface area contributed by atoms with Crippen LogP contribution in [0.2, 0.25) is 0 Å². The first-order chi connectivity index (χ1) is 14.8. The van der Waals surface area contributed by atoms with Gasteiger partial charge in [0.15, 0.2) is 23.0 Å². The van der Waals surface area contributed by atoms with Crippen LogP contribution in [0.3, 0.4) is 0 Å². The average molecular weight is 490 g/mol. The van der Waals surface area contributed by atoms with Crippen molar-refractivity contribution in [2.24, 2.45) is 0 Å². The van der Waals surface area contributed by atoms with E-state index in [1.807, 2.05) is 0 Å². The number of carbonyl (C=O) groups is 1. The van der Waals surface area contributed by atoms with Crippen LogP contribution < -0.4 is 5.56 Å². The second-order valence-corrected chi connectivity index (χ2v) is 8.11. The van der Waals surface area contributed by atoms with Gasteiger partial charge in [-0.15, -0.1) is 0 Å². The first-order valence-corrected chi connectivity index (χ1v) is 10.1. The highest BCUT2D eigenvalue weighted by molar-refractivity contribution is 9.10. The zero-order chi connectivity index (χ0) is 21.9. The number of hydrogen-bond donors (Lipinski definition) is 1. The molecule has 1 aromatic carbocycles. The van der Waals surface area contributed by atoms with Crippen LogP contribution in [-0.2, 0) is 11.3 Å². The van der Waals surface area contributed by atoms with Crippen LogP contribution >= 0.6 is 15.9 Å². The van der Waals surface area contributed by atoms with E-state index in [0.717, 1.165) is 12.1 Å². The number of rotatable bonds is 2. The monoisotopic (exact) mass is 489 g/mol. The summed E-state index contributed by atoms with van der Waals surface area (Å²) in [6.45, 7) is 0.197. The van der Waals surface area contributed by atoms with Crippen molar-refractivity contribution in [1.29, 1.82) is 0 Å². The third kappa shape index (κ3) is 3.14. The number of halogens is 3. The van der Waals surface area contributed by atoms with Crippen LogP contribution in [0.5, 0.6) is 0 Å². The Kier molecular flexibility index (Phi) is 4.63. The van der Waals surface area contributed by atoms with E-state index in [1.54, 1.807) is 25.5 Å². The van der Waals surface area contributed by atoms with Gasteiger partial charge in [0.05, 0.1) is 29.1 Å². The molecule has 1 amide bonds. The Morgan fingerprint density at radius 2 is 1.97 bits per heavy atom. The first-order valence-electron chi connectivity index (χ1n) is 9.27. The van der Waals surface area contributed by atoms with Crippen LogP contribution in [-0.4, -0.2) is 34.4 Å². The van der Waals surface area contributed by atoms with Gasteiger partial charge >= 0.3 is 0 Å². The molecule has 0 spiro atoms. The third-order valence-corrected chi connectivity index (χ3v) is 5.98. The minimum atomic E-state index is -1.12. The predicted octanol–water partition coefficient (Wildman–Crippen LogP) is 4.05. The first kappa shape index (κ1) is 19.8. The highest BCUT2D eigenvalue weighted by atomic mass is 79.9. The summed E-state index contributed by atoms with van der Waals surface area (Å²) in [6.07, 6.45) is 3.14. The third-order valence-electron chi connectivity index (χ3n) is 5.42. The van der Waals surface area contributed by atoms with E-state index in [4.69, 9.17) is 9.15 Å². The number of ether oxygens (including phenoxy) is 1. The SMILES string of the molecule is CN(C(=O)c1cc2cncc(Br)c2o1)[C@@H]1COCc2[nH]c(=O)c3cc(F)c(F)cc3c21. The standard InChI is InChI=1S/C21H14BrF2N3O4/c1-27(21(29)17-2-9-5-25-6-12(22)19(9)31-17)16-8-30-7-15-18(16)10-3-13(23)14(24)4-11(10)20(28)26-15/h2-6,16H,7-8H2,1H3,(H,26,28)/t16-/m1/s1. The number of furan rings is 1. The Morgan fingerprint density at radius 3 is 2.71 bits per heavy atom. The van der Waals surface area contributed by atoms with E-state index in [9.17, 15) is 18.4 Å². The van der Waals surface area contributed by atoms with E-state index in [-0.39, 0.29) is 29.7 Å². The fourth-order valence-corrected chi connectivity index (χ4v) is 4.33. The maximum atomic E-state index is 14.0. The fraction of sp³-hybridized carbons (Fsp3) is 0.190. The molecule has 5 rings (SSSR count). The average Bonchev–Trinajstić information content (AvgIpc) is 3.19. The predicted molar refractivity (Wildman–Crippen MR) is 111 cm³/mol. The van der Waals surface area contributed by atoms with Gasteiger partial charge in [0, 0.05) is 36.1 Å². The van der Waals surface area contributed by atoms with E-state index in [2.05, 4.69) is 25.9 Å². The molecule has 0 aliphatic carbocycles. The van der Waals surface area contributed by atoms with Gasteiger partial charge in [-0.1, -0.05) is 0 Å². The molecule has 1 aliphatic rings. The molecule has 0 radical (unpaired) electrons. The highest BCUT2D eigenvalue weighted by Crippen LogP contribution is 2.35. The number of carbonyl (C=O) groups excluding carboxylic acids is 1. The molecular weight excluding hydrogens is 476 g/mol. The van der Waals surface area contributed by atoms with Crippen LogP contribution in [0.15, 0.2) is 44.3 Å². The van der Waals surface area contributed by atoms with Gasteiger partial charge in [-0.05, 0) is 39.5 Å². The summed E-state index contributed by atoms with van der Waals surface area (Å²) in [5.74, 6) is -2.54. The number of pyridine rings is 2. The molecule has 0 saturated carbocycles. The number of H-pyrrole nitrogens is 1. The second-order valence-electron chi connectivity index (χ2n) is 7.26. The Labute approximate surface area is 181 Å². The molecule has 0 saturated heterocycles. The fourth-order valence-electron chi connectivity index (χ4n) is 3.90. The Bertz CT molecular complexity index is 1430. The summed E-state index contributed by atoms with van der Waals surface area (Å²) < 4.78 is 39.7. The number of aromatic amines is 1. The van der Waals surface area contributed by atoms with Crippen molar-refractivity contribution < 1.29 is 22.7 Å². The largest absolute Gasteiger partial charge is 0.450 e. The molecule has 0 fully saturated rings. The van der Waals surface area contributed by atoms with Gasteiger partial charge in [0.1, 0.15) is 0 Å². The summed E-state index contributed by atoms with van der Waals surface area (Å²) in [4.78, 5) is 33.7. The van der Waals surface area contributed by atoms with Gasteiger partial charge in [-0.2, -0.15) is 0 Å². The smallest absolute Gasteiger partial charge is 0.289 e. The van der Waals surface area contributed by atoms with Gasteiger partial charge in [-0.3, -0.25) is 14.6 Å². The number of nitrogens with one attached hydrogen (secondary N) is 1. The van der Waals surface area contributed by atoms with Crippen LogP contribution in [0.25, 0.3) is 21.7 Å². The van der Waals surface area contributed by atoms with Crippen LogP contribution in [0, 0.1) is 11.6 Å². The normalized spacial score (nSPS) is 15.9. The number of aromatic nitrogens is 2. The van der Waals surface area contributed by atoms with Crippen molar-refractivity contribution in [3.63, 3.8) is 0 Å². The number of hydrogen-bond acceptors (Lipinski definition) is 5. The highest BCUT2D eigenvalue weighted by Gasteiger charge is 2.32. The Balaban J connectivity index is 1.62. The molecule has 3 aromatic heterocycles. The van der Waals surface area contributed by atoms with E-state index in [1.165, 1.54) is 4.90 Å². The lowest BCUT2D eigenvalue weighted by atomic mass is 9.95. The maximum Gasteiger partial charge on any atom is 0.289 e. The van der Waals surface area contributed by atoms with Gasteiger partial charge in [0.25, 0.3) is 11.5 Å². The van der Waals surface area contributed by atoms with Crippen molar-refractivity contribution in [1.82, 2.24) is 14.9 Å². The second kappa shape index (κ2) is 7.24. The zero-order valence-corrected chi connectivity index (χ0v) is 17.6. The van der Waals surface area contributed by atoms with Gasteiger partial charge in [0.2, 0.25) is 0 Å². The van der Waals surface area contributed by atoms with E-state index in [0.29, 0.717) is 26.7 Å². The summed E-state index contributed by atoms with van der Waals surface area (Å²) in [7, 11) is 1.56. The number of likely N-dealkylation sites (N-methyl/N-ethyl adjacent to an activating group) is 1. The summed E-state index contributed by atoms with van der Waals surface area (Å²) in [5, 5.41) is 0.894. The number of benzene rings is 1. The van der Waals surface area contributed by atoms with Gasteiger partial charge in [-0.25, -0.2) is 8.78 Å². The van der Waals surface area contributed by atoms with Crippen LogP contribution in [0.1, 0.15) is 27.9 Å². The molecule has 1 N–H and O–H groups in total. The lowest BCUT2D eigenvalue weighted by Gasteiger charge is -2.33. The molecule has 0 unspecified atom stereocenters. The molecular formula is C21H14BrF2N3O4. The van der Waals surface area contributed by atoms with Crippen molar-refractivity contribution in [2.75, 3.05) is 13.7 Å². The number of fused-ring (bicyclic) bond motifs is 4. The minimum Gasteiger partial charge on any atom is -0.450 e. The zero-order valence-electron chi connectivity index (χ0n) is 16.0. The van der Waals surface area contributed by atoms with Gasteiger partial charge < -0.3 is 19.0 Å². The molecule has 4 heterocycles. The molecule has 10 heteroatoms. The minimum absolute atomic E-state index is 0.00383. The Hall–Kier alpha value is -3.11. The summed E-state index contributed by atoms with van der Waals surface area (Å²) in [5.41, 5.74) is 0.852. The van der Waals surface area contributed by atoms with Crippen molar-refractivity contribution in [3.05, 3.63) is 74.1 Å². The lowest BCUT2D eigenvalue weighted by molar-refractivity contribution is 0.0320. The topological polar surface area (TPSA) is 88.4 Å². The van der Waals surface area contributed by atoms with E-state index < -0.39 is 29.1 Å². The van der Waals surface area contributed by atoms with Crippen molar-refractivity contribution in [3.8, 4) is 0 Å². The Morgan fingerprint density at radius 1 is 1.23 bits per heavy atom. The number of nitrogens with zero attached hydrogens (tertiary/aromatic N) is 2. The lowest BCUT2D eigenvalue weighted by Crippen LogP contribution is -2.37. The maximum absolute atomic E-state index is 14.0. The van der Waals surface area contributed by atoms with Crippen LogP contribution in [0.4, 0.5) is 8.78 Å². The molecule has 1 atom stereocenters. The molecule has 1 aliphatic heterocycles. The summed E-state index contributed by atoms with van der Waals surface area (Å²) in [6, 6.07) is 2.77. The van der Waals surface area contributed by atoms with E-state index >= 15 is 0 Å². The van der Waals surface area contributed by atoms with Crippen molar-refractivity contribution >= 4 is 43.6 Å². The van der Waals surface area contributed by atoms with Crippen molar-refractivity contribution in [2.45, 2.75) is 12.6 Å². The molecule has 7 nitrogen and oxygen atoms in total. The molecule has 31 heavy (non-hydrogen) atoms. The quantitative estimate of drug-likeness (QED) is 0.458. The molecule has 4 aromatic rings.